The van der Waals surface area contributed by atoms with Crippen LogP contribution in [0.2, 0.25) is 0 Å². The van der Waals surface area contributed by atoms with E-state index in [0.717, 1.165) is 66.4 Å². The van der Waals surface area contributed by atoms with Crippen LogP contribution in [0.3, 0.4) is 0 Å². The van der Waals surface area contributed by atoms with E-state index in [1.807, 2.05) is 42.5 Å². The number of rotatable bonds is 2. The number of fused-ring (bicyclic) bond motifs is 2. The Morgan fingerprint density at radius 1 is 0.500 bits per heavy atom. The third-order valence-electron chi connectivity index (χ3n) is 7.89. The predicted octanol–water partition coefficient (Wildman–Crippen LogP) is 9.57. The van der Waals surface area contributed by atoms with Crippen molar-refractivity contribution in [2.45, 2.75) is 0 Å². The topological polar surface area (TPSA) is 60.0 Å². The highest BCUT2D eigenvalue weighted by Crippen LogP contribution is 2.52. The number of anilines is 3. The van der Waals surface area contributed by atoms with Gasteiger partial charge in [0, 0.05) is 10.9 Å². The summed E-state index contributed by atoms with van der Waals surface area (Å²) < 4.78 is 6.27. The molecule has 184 valence electrons. The first kappa shape index (κ1) is 22.2. The first-order valence-corrected chi connectivity index (χ1v) is 13.1. The quantitative estimate of drug-likeness (QED) is 0.218. The lowest BCUT2D eigenvalue weighted by atomic mass is 9.86. The molecule has 0 radical (unpaired) electrons. The molecule has 1 aliphatic rings. The maximum atomic E-state index is 9.91. The zero-order valence-electron chi connectivity index (χ0n) is 21.2. The minimum absolute atomic E-state index is 0.497. The molecule has 0 bridgehead atoms. The summed E-state index contributed by atoms with van der Waals surface area (Å²) in [5, 5.41) is 26.5. The molecule has 40 heavy (non-hydrogen) atoms. The van der Waals surface area contributed by atoms with Crippen molar-refractivity contribution >= 4 is 49.4 Å². The molecule has 0 fully saturated rings. The maximum Gasteiger partial charge on any atom is 0.151 e. The van der Waals surface area contributed by atoms with E-state index >= 15 is 0 Å². The third-order valence-corrected chi connectivity index (χ3v) is 7.89. The SMILES string of the molecule is N#Cc1cccc(C#N)c1-c1ccc2ccc3c(N4c5ccccc5Oc5ccccc54)ccc4ccc1c2c43. The predicted molar refractivity (Wildman–Crippen MR) is 160 cm³/mol. The third kappa shape index (κ3) is 2.99. The van der Waals surface area contributed by atoms with Crippen molar-refractivity contribution in [3.63, 3.8) is 0 Å². The minimum Gasteiger partial charge on any atom is -0.453 e. The van der Waals surface area contributed by atoms with Crippen LogP contribution in [0.5, 0.6) is 11.5 Å². The van der Waals surface area contributed by atoms with Crippen molar-refractivity contribution in [1.82, 2.24) is 0 Å². The van der Waals surface area contributed by atoms with Gasteiger partial charge in [-0.2, -0.15) is 10.5 Å². The van der Waals surface area contributed by atoms with Gasteiger partial charge in [-0.05, 0) is 75.0 Å². The number of ether oxygens (including phenoxy) is 1. The number of hydrogen-bond acceptors (Lipinski definition) is 4. The first-order chi connectivity index (χ1) is 19.8. The van der Waals surface area contributed by atoms with Crippen LogP contribution in [0.15, 0.2) is 115 Å². The van der Waals surface area contributed by atoms with Gasteiger partial charge in [0.2, 0.25) is 0 Å². The summed E-state index contributed by atoms with van der Waals surface area (Å²) in [6.45, 7) is 0. The Kier molecular flexibility index (Phi) is 4.62. The highest BCUT2D eigenvalue weighted by Gasteiger charge is 2.27. The molecular weight excluding hydrogens is 490 g/mol. The van der Waals surface area contributed by atoms with Crippen molar-refractivity contribution in [2.24, 2.45) is 0 Å². The summed E-state index contributed by atoms with van der Waals surface area (Å²) in [6, 6.07) is 43.2. The van der Waals surface area contributed by atoms with E-state index in [4.69, 9.17) is 4.74 Å². The van der Waals surface area contributed by atoms with Crippen molar-refractivity contribution in [3.8, 4) is 34.8 Å². The summed E-state index contributed by atoms with van der Waals surface area (Å²) in [4.78, 5) is 2.28. The van der Waals surface area contributed by atoms with E-state index in [1.54, 1.807) is 18.2 Å². The molecule has 0 atom stereocenters. The fourth-order valence-corrected chi connectivity index (χ4v) is 6.19. The highest BCUT2D eigenvalue weighted by molar-refractivity contribution is 6.28. The van der Waals surface area contributed by atoms with Crippen LogP contribution in [0.1, 0.15) is 11.1 Å². The zero-order chi connectivity index (χ0) is 26.8. The van der Waals surface area contributed by atoms with Gasteiger partial charge >= 0.3 is 0 Å². The summed E-state index contributed by atoms with van der Waals surface area (Å²) in [5.41, 5.74) is 5.60. The van der Waals surface area contributed by atoms with Gasteiger partial charge in [-0.25, -0.2) is 0 Å². The Labute approximate surface area is 230 Å². The molecule has 4 nitrogen and oxygen atoms in total. The molecule has 0 aromatic heterocycles. The van der Waals surface area contributed by atoms with Gasteiger partial charge in [-0.15, -0.1) is 0 Å². The van der Waals surface area contributed by atoms with Gasteiger partial charge in [-0.1, -0.05) is 72.8 Å². The van der Waals surface area contributed by atoms with E-state index in [9.17, 15) is 10.5 Å². The molecule has 1 aliphatic heterocycles. The molecule has 1 heterocycles. The molecule has 4 heteroatoms. The second-order valence-corrected chi connectivity index (χ2v) is 9.94. The monoisotopic (exact) mass is 509 g/mol. The van der Waals surface area contributed by atoms with Crippen LogP contribution < -0.4 is 9.64 Å². The summed E-state index contributed by atoms with van der Waals surface area (Å²) in [6.07, 6.45) is 0. The van der Waals surface area contributed by atoms with Gasteiger partial charge in [0.25, 0.3) is 0 Å². The molecule has 0 unspecified atom stereocenters. The van der Waals surface area contributed by atoms with E-state index < -0.39 is 0 Å². The number of hydrogen-bond donors (Lipinski definition) is 0. The van der Waals surface area contributed by atoms with Crippen LogP contribution in [0, 0.1) is 22.7 Å². The van der Waals surface area contributed by atoms with E-state index in [2.05, 4.69) is 71.6 Å². The summed E-state index contributed by atoms with van der Waals surface area (Å²) >= 11 is 0. The molecule has 7 aromatic carbocycles. The van der Waals surface area contributed by atoms with Crippen molar-refractivity contribution in [2.75, 3.05) is 4.90 Å². The van der Waals surface area contributed by atoms with Crippen molar-refractivity contribution < 1.29 is 4.74 Å². The smallest absolute Gasteiger partial charge is 0.151 e. The Morgan fingerprint density at radius 2 is 1.05 bits per heavy atom. The van der Waals surface area contributed by atoms with Crippen LogP contribution in [0.4, 0.5) is 17.1 Å². The average molecular weight is 510 g/mol. The van der Waals surface area contributed by atoms with Crippen molar-refractivity contribution in [3.05, 3.63) is 126 Å². The largest absolute Gasteiger partial charge is 0.453 e. The van der Waals surface area contributed by atoms with E-state index in [1.165, 1.54) is 0 Å². The summed E-state index contributed by atoms with van der Waals surface area (Å²) in [5.74, 6) is 1.62. The molecule has 0 amide bonds. The number of benzene rings is 7. The highest BCUT2D eigenvalue weighted by atomic mass is 16.5. The molecule has 7 aromatic rings. The molecular formula is C36H19N3O. The lowest BCUT2D eigenvalue weighted by molar-refractivity contribution is 0.477. The second kappa shape index (κ2) is 8.33. The van der Waals surface area contributed by atoms with Gasteiger partial charge in [-0.3, -0.25) is 0 Å². The van der Waals surface area contributed by atoms with Gasteiger partial charge in [0.05, 0.1) is 40.3 Å². The van der Waals surface area contributed by atoms with Crippen molar-refractivity contribution in [1.29, 1.82) is 10.5 Å². The van der Waals surface area contributed by atoms with E-state index in [0.29, 0.717) is 16.7 Å². The number of nitrogens with zero attached hydrogens (tertiary/aromatic N) is 3. The van der Waals surface area contributed by atoms with Gasteiger partial charge in [0.15, 0.2) is 11.5 Å². The molecule has 0 N–H and O–H groups in total. The summed E-state index contributed by atoms with van der Waals surface area (Å²) in [7, 11) is 0. The van der Waals surface area contributed by atoms with Crippen LogP contribution >= 0.6 is 0 Å². The Balaban J connectivity index is 1.47. The second-order valence-electron chi connectivity index (χ2n) is 9.94. The van der Waals surface area contributed by atoms with Crippen LogP contribution in [0.25, 0.3) is 43.4 Å². The standard InChI is InChI=1S/C36H19N3O/c37-20-24-6-5-7-25(21-38)34(24)26-16-12-22-14-18-28-29(19-15-23-13-17-27(26)35(22)36(23)28)39-30-8-1-3-10-32(30)40-33-11-4-2-9-31(33)39/h1-19H. The number of nitriles is 2. The maximum absolute atomic E-state index is 9.91. The Hall–Kier alpha value is -5.84. The zero-order valence-corrected chi connectivity index (χ0v) is 21.2. The van der Waals surface area contributed by atoms with Gasteiger partial charge < -0.3 is 9.64 Å². The molecule has 0 aliphatic carbocycles. The Morgan fingerprint density at radius 3 is 1.70 bits per heavy atom. The fraction of sp³-hybridized carbons (Fsp3) is 0. The normalized spacial score (nSPS) is 12.1. The molecule has 0 spiro atoms. The van der Waals surface area contributed by atoms with Crippen LogP contribution in [-0.4, -0.2) is 0 Å². The average Bonchev–Trinajstić information content (AvgIpc) is 3.02. The minimum atomic E-state index is 0.497. The molecule has 0 saturated carbocycles. The fourth-order valence-electron chi connectivity index (χ4n) is 6.19. The first-order valence-electron chi connectivity index (χ1n) is 13.1. The van der Waals surface area contributed by atoms with Gasteiger partial charge in [0.1, 0.15) is 0 Å². The van der Waals surface area contributed by atoms with Crippen LogP contribution in [-0.2, 0) is 0 Å². The number of para-hydroxylation sites is 4. The lowest BCUT2D eigenvalue weighted by Crippen LogP contribution is -2.16. The Bertz CT molecular complexity index is 2160. The van der Waals surface area contributed by atoms with E-state index in [-0.39, 0.29) is 0 Å². The molecule has 0 saturated heterocycles. The molecule has 8 rings (SSSR count). The lowest BCUT2D eigenvalue weighted by Gasteiger charge is -2.33.